The number of nitrogens with zero attached hydrogens (tertiary/aromatic N) is 2. The van der Waals surface area contributed by atoms with Crippen molar-refractivity contribution in [2.75, 3.05) is 13.1 Å². The molecule has 1 aromatic carbocycles. The Balaban J connectivity index is 2.14. The number of carboxylic acid groups (broad SMARTS) is 1. The first-order chi connectivity index (χ1) is 12.5. The lowest BCUT2D eigenvalue weighted by Gasteiger charge is -2.30. The average molecular weight is 369 g/mol. The molecule has 26 heavy (non-hydrogen) atoms. The van der Waals surface area contributed by atoms with Crippen LogP contribution in [0.1, 0.15) is 38.2 Å². The van der Waals surface area contributed by atoms with Crippen LogP contribution in [0.5, 0.6) is 5.75 Å². The van der Waals surface area contributed by atoms with Gasteiger partial charge in [0.05, 0.1) is 5.71 Å². The van der Waals surface area contributed by atoms with Gasteiger partial charge in [-0.2, -0.15) is 5.10 Å². The number of carbonyl (C=O) groups excluding carboxylic acids is 1. The van der Waals surface area contributed by atoms with Crippen molar-refractivity contribution < 1.29 is 28.2 Å². The quantitative estimate of drug-likeness (QED) is 0.439. The number of nitrogens with one attached hydrogen (secondary N) is 1. The summed E-state index contributed by atoms with van der Waals surface area (Å²) in [7, 11) is 0. The molecule has 0 bridgehead atoms. The van der Waals surface area contributed by atoms with Crippen molar-refractivity contribution in [1.29, 1.82) is 0 Å². The number of amides is 2. The van der Waals surface area contributed by atoms with Crippen molar-refractivity contribution in [3.8, 4) is 5.75 Å². The Morgan fingerprint density at radius 1 is 1.38 bits per heavy atom. The van der Waals surface area contributed by atoms with E-state index in [0.717, 1.165) is 12.1 Å². The molecule has 0 aromatic heterocycles. The number of piperidine rings is 1. The van der Waals surface area contributed by atoms with Crippen LogP contribution in [-0.2, 0) is 4.79 Å². The number of likely N-dealkylation sites (tertiary alicyclic amines) is 1. The van der Waals surface area contributed by atoms with Gasteiger partial charge in [0.15, 0.2) is 17.4 Å². The smallest absolute Gasteiger partial charge is 0.407 e. The van der Waals surface area contributed by atoms with E-state index in [2.05, 4.69) is 10.5 Å². The van der Waals surface area contributed by atoms with Crippen LogP contribution in [0.25, 0.3) is 0 Å². The van der Waals surface area contributed by atoms with Gasteiger partial charge in [0.2, 0.25) is 6.41 Å². The fourth-order valence-corrected chi connectivity index (χ4v) is 2.78. The number of ether oxygens (including phenoxy) is 1. The van der Waals surface area contributed by atoms with E-state index in [0.29, 0.717) is 37.8 Å². The van der Waals surface area contributed by atoms with Crippen LogP contribution < -0.4 is 10.2 Å². The maximum atomic E-state index is 14.4. The van der Waals surface area contributed by atoms with E-state index in [-0.39, 0.29) is 18.7 Å². The fraction of sp³-hybridized carbons (Fsp3) is 0.471. The van der Waals surface area contributed by atoms with Gasteiger partial charge in [-0.05, 0) is 18.6 Å². The van der Waals surface area contributed by atoms with E-state index in [1.54, 1.807) is 0 Å². The summed E-state index contributed by atoms with van der Waals surface area (Å²) < 4.78 is 34.2. The summed E-state index contributed by atoms with van der Waals surface area (Å²) in [6.45, 7) is 2.39. The maximum Gasteiger partial charge on any atom is 0.407 e. The van der Waals surface area contributed by atoms with Gasteiger partial charge < -0.3 is 14.7 Å². The Morgan fingerprint density at radius 2 is 2.00 bits per heavy atom. The lowest BCUT2D eigenvalue weighted by atomic mass is 10.0. The highest BCUT2D eigenvalue weighted by Crippen LogP contribution is 2.27. The highest BCUT2D eigenvalue weighted by molar-refractivity contribution is 6.00. The number of hydrogen-bond acceptors (Lipinski definition) is 4. The van der Waals surface area contributed by atoms with Crippen LogP contribution in [0.2, 0.25) is 0 Å². The minimum absolute atomic E-state index is 0.226. The van der Waals surface area contributed by atoms with Gasteiger partial charge in [0, 0.05) is 31.5 Å². The minimum atomic E-state index is -1.02. The van der Waals surface area contributed by atoms with E-state index in [1.165, 1.54) is 4.90 Å². The van der Waals surface area contributed by atoms with E-state index < -0.39 is 29.6 Å². The number of hydrazone groups is 1. The molecule has 0 spiro atoms. The van der Waals surface area contributed by atoms with Gasteiger partial charge in [0.25, 0.3) is 0 Å². The molecule has 0 unspecified atom stereocenters. The number of halogens is 2. The molecule has 1 aliphatic rings. The lowest BCUT2D eigenvalue weighted by molar-refractivity contribution is -0.109. The van der Waals surface area contributed by atoms with E-state index in [1.807, 2.05) is 6.92 Å². The van der Waals surface area contributed by atoms with Gasteiger partial charge in [0.1, 0.15) is 6.10 Å². The monoisotopic (exact) mass is 369 g/mol. The highest BCUT2D eigenvalue weighted by Gasteiger charge is 2.26. The molecule has 2 N–H and O–H groups in total. The van der Waals surface area contributed by atoms with Crippen LogP contribution in [0.3, 0.4) is 0 Å². The SMILES string of the molecule is CCC/C(=N\NC=O)c1cc(F)c(OC2CCN(C(=O)O)CC2)c(F)c1. The Labute approximate surface area is 149 Å². The summed E-state index contributed by atoms with van der Waals surface area (Å²) in [5, 5.41) is 12.7. The summed E-state index contributed by atoms with van der Waals surface area (Å²) in [5.41, 5.74) is 2.73. The molecule has 1 saturated heterocycles. The molecule has 142 valence electrons. The summed E-state index contributed by atoms with van der Waals surface area (Å²) in [6.07, 6.45) is 0.745. The minimum Gasteiger partial charge on any atom is -0.484 e. The predicted octanol–water partition coefficient (Wildman–Crippen LogP) is 2.74. The Hall–Kier alpha value is -2.71. The first-order valence-corrected chi connectivity index (χ1v) is 8.36. The Morgan fingerprint density at radius 3 is 2.50 bits per heavy atom. The first kappa shape index (κ1) is 19.6. The average Bonchev–Trinajstić information content (AvgIpc) is 2.62. The third-order valence-corrected chi connectivity index (χ3v) is 4.07. The molecular weight excluding hydrogens is 348 g/mol. The molecule has 0 saturated carbocycles. The molecule has 0 atom stereocenters. The third-order valence-electron chi connectivity index (χ3n) is 4.07. The van der Waals surface area contributed by atoms with Crippen molar-refractivity contribution in [2.45, 2.75) is 38.7 Å². The summed E-state index contributed by atoms with van der Waals surface area (Å²) in [5.74, 6) is -2.21. The Kier molecular flexibility index (Phi) is 6.88. The second kappa shape index (κ2) is 9.12. The summed E-state index contributed by atoms with van der Waals surface area (Å²) in [6, 6.07) is 2.23. The standard InChI is InChI=1S/C17H21F2N3O4/c1-2-3-15(21-20-10-23)11-8-13(18)16(14(19)9-11)26-12-4-6-22(7-5-12)17(24)25/h8-10,12H,2-7H2,1H3,(H,20,23)(H,24,25)/b21-15+. The number of hydrogen-bond donors (Lipinski definition) is 2. The van der Waals surface area contributed by atoms with Gasteiger partial charge in [-0.25, -0.2) is 19.0 Å². The number of rotatable bonds is 7. The molecule has 7 nitrogen and oxygen atoms in total. The second-order valence-electron chi connectivity index (χ2n) is 5.91. The van der Waals surface area contributed by atoms with Crippen molar-refractivity contribution >= 4 is 18.2 Å². The van der Waals surface area contributed by atoms with Crippen molar-refractivity contribution in [3.63, 3.8) is 0 Å². The highest BCUT2D eigenvalue weighted by atomic mass is 19.1. The van der Waals surface area contributed by atoms with E-state index >= 15 is 0 Å². The third kappa shape index (κ3) is 4.90. The van der Waals surface area contributed by atoms with Gasteiger partial charge in [-0.3, -0.25) is 4.79 Å². The molecule has 1 aromatic rings. The first-order valence-electron chi connectivity index (χ1n) is 8.36. The van der Waals surface area contributed by atoms with Crippen LogP contribution in [0.4, 0.5) is 13.6 Å². The largest absolute Gasteiger partial charge is 0.484 e. The molecule has 2 amide bonds. The lowest BCUT2D eigenvalue weighted by Crippen LogP contribution is -2.41. The molecular formula is C17H21F2N3O4. The summed E-state index contributed by atoms with van der Waals surface area (Å²) in [4.78, 5) is 22.5. The molecule has 1 fully saturated rings. The fourth-order valence-electron chi connectivity index (χ4n) is 2.78. The van der Waals surface area contributed by atoms with Crippen LogP contribution in [0, 0.1) is 11.6 Å². The molecule has 0 aliphatic carbocycles. The van der Waals surface area contributed by atoms with Crippen molar-refractivity contribution in [3.05, 3.63) is 29.3 Å². The topological polar surface area (TPSA) is 91.2 Å². The number of benzene rings is 1. The zero-order valence-corrected chi connectivity index (χ0v) is 14.4. The normalized spacial score (nSPS) is 15.7. The van der Waals surface area contributed by atoms with Gasteiger partial charge >= 0.3 is 6.09 Å². The van der Waals surface area contributed by atoms with Gasteiger partial charge in [-0.1, -0.05) is 13.3 Å². The van der Waals surface area contributed by atoms with Crippen molar-refractivity contribution in [1.82, 2.24) is 10.3 Å². The molecule has 2 rings (SSSR count). The number of carbonyl (C=O) groups is 2. The van der Waals surface area contributed by atoms with Gasteiger partial charge in [-0.15, -0.1) is 0 Å². The van der Waals surface area contributed by atoms with Crippen LogP contribution in [0.15, 0.2) is 17.2 Å². The molecule has 1 heterocycles. The second-order valence-corrected chi connectivity index (χ2v) is 5.91. The summed E-state index contributed by atoms with van der Waals surface area (Å²) >= 11 is 0. The van der Waals surface area contributed by atoms with E-state index in [4.69, 9.17) is 9.84 Å². The zero-order valence-electron chi connectivity index (χ0n) is 14.4. The Bertz CT molecular complexity index is 666. The zero-order chi connectivity index (χ0) is 19.1. The molecule has 0 radical (unpaired) electrons. The molecule has 1 aliphatic heterocycles. The maximum absolute atomic E-state index is 14.4. The molecule has 9 heteroatoms. The van der Waals surface area contributed by atoms with Crippen molar-refractivity contribution in [2.24, 2.45) is 5.10 Å². The predicted molar refractivity (Wildman–Crippen MR) is 90.3 cm³/mol. The van der Waals surface area contributed by atoms with Crippen LogP contribution >= 0.6 is 0 Å². The van der Waals surface area contributed by atoms with Crippen LogP contribution in [-0.4, -0.2) is 47.4 Å². The van der Waals surface area contributed by atoms with E-state index in [9.17, 15) is 18.4 Å².